The maximum absolute atomic E-state index is 12.0. The molecule has 0 aromatic heterocycles. The Hall–Kier alpha value is -1.26. The number of carboxylic acid groups (broad SMARTS) is 1. The van der Waals surface area contributed by atoms with Crippen molar-refractivity contribution in [2.45, 2.75) is 47.0 Å². The molecule has 1 unspecified atom stereocenters. The van der Waals surface area contributed by atoms with Gasteiger partial charge in [0, 0.05) is 19.6 Å². The summed E-state index contributed by atoms with van der Waals surface area (Å²) in [6.07, 6.45) is 2.59. The Kier molecular flexibility index (Phi) is 9.00. The lowest BCUT2D eigenvalue weighted by Crippen LogP contribution is -2.43. The van der Waals surface area contributed by atoms with E-state index in [4.69, 9.17) is 5.11 Å². The summed E-state index contributed by atoms with van der Waals surface area (Å²) in [6.45, 7) is 9.73. The molecule has 0 aliphatic heterocycles. The average Bonchev–Trinajstić information content (AvgIpc) is 2.39. The third-order valence-corrected chi connectivity index (χ3v) is 3.58. The van der Waals surface area contributed by atoms with Crippen molar-refractivity contribution in [2.24, 2.45) is 11.8 Å². The Morgan fingerprint density at radius 3 is 2.21 bits per heavy atom. The second-order valence-electron chi connectivity index (χ2n) is 4.98. The van der Waals surface area contributed by atoms with Crippen LogP contribution in [0.1, 0.15) is 47.0 Å². The van der Waals surface area contributed by atoms with Gasteiger partial charge in [0.25, 0.3) is 0 Å². The summed E-state index contributed by atoms with van der Waals surface area (Å²) in [6, 6.07) is -0.0908. The van der Waals surface area contributed by atoms with Crippen molar-refractivity contribution in [3.8, 4) is 0 Å². The number of urea groups is 1. The molecule has 0 saturated carbocycles. The van der Waals surface area contributed by atoms with Crippen molar-refractivity contribution in [3.63, 3.8) is 0 Å². The molecule has 0 rings (SSSR count). The molecule has 0 aliphatic carbocycles. The number of carbonyl (C=O) groups is 2. The van der Waals surface area contributed by atoms with Gasteiger partial charge in [-0.1, -0.05) is 33.6 Å². The smallest absolute Gasteiger partial charge is 0.317 e. The van der Waals surface area contributed by atoms with Crippen LogP contribution in [0.3, 0.4) is 0 Å². The molecule has 0 bridgehead atoms. The van der Waals surface area contributed by atoms with E-state index in [1.54, 1.807) is 11.8 Å². The quantitative estimate of drug-likeness (QED) is 0.677. The molecule has 2 N–H and O–H groups in total. The van der Waals surface area contributed by atoms with Gasteiger partial charge in [0.1, 0.15) is 0 Å². The number of nitrogens with one attached hydrogen (secondary N) is 1. The van der Waals surface area contributed by atoms with Crippen molar-refractivity contribution in [1.82, 2.24) is 10.2 Å². The molecule has 0 aliphatic rings. The minimum Gasteiger partial charge on any atom is -0.481 e. The largest absolute Gasteiger partial charge is 0.481 e. The van der Waals surface area contributed by atoms with Gasteiger partial charge < -0.3 is 15.3 Å². The van der Waals surface area contributed by atoms with Crippen molar-refractivity contribution < 1.29 is 14.7 Å². The Morgan fingerprint density at radius 1 is 1.21 bits per heavy atom. The van der Waals surface area contributed by atoms with Crippen LogP contribution >= 0.6 is 0 Å². The number of hydrogen-bond donors (Lipinski definition) is 2. The normalized spacial score (nSPS) is 12.3. The summed E-state index contributed by atoms with van der Waals surface area (Å²) in [5.41, 5.74) is 0. The molecule has 5 heteroatoms. The van der Waals surface area contributed by atoms with Gasteiger partial charge in [0.2, 0.25) is 0 Å². The molecule has 5 nitrogen and oxygen atoms in total. The molecule has 0 heterocycles. The second-order valence-corrected chi connectivity index (χ2v) is 4.98. The van der Waals surface area contributed by atoms with E-state index in [1.807, 2.05) is 6.92 Å². The number of nitrogens with zero attached hydrogens (tertiary/aromatic N) is 1. The zero-order valence-electron chi connectivity index (χ0n) is 12.6. The third-order valence-electron chi connectivity index (χ3n) is 3.58. The average molecular weight is 272 g/mol. The highest BCUT2D eigenvalue weighted by Gasteiger charge is 2.16. The van der Waals surface area contributed by atoms with Crippen molar-refractivity contribution >= 4 is 12.0 Å². The van der Waals surface area contributed by atoms with Crippen molar-refractivity contribution in [1.29, 1.82) is 0 Å². The van der Waals surface area contributed by atoms with Crippen molar-refractivity contribution in [2.75, 3.05) is 19.6 Å². The van der Waals surface area contributed by atoms with E-state index >= 15 is 0 Å². The molecule has 0 aromatic carbocycles. The van der Waals surface area contributed by atoms with Gasteiger partial charge in [-0.3, -0.25) is 4.79 Å². The van der Waals surface area contributed by atoms with E-state index < -0.39 is 11.9 Å². The molecule has 0 fully saturated rings. The maximum atomic E-state index is 12.0. The fraction of sp³-hybridized carbons (Fsp3) is 0.857. The highest BCUT2D eigenvalue weighted by atomic mass is 16.4. The number of rotatable bonds is 9. The molecule has 0 radical (unpaired) electrons. The van der Waals surface area contributed by atoms with E-state index in [2.05, 4.69) is 19.2 Å². The standard InChI is InChI=1S/C14H28N2O3/c1-5-12(6-2)10-16(7-3)14(19)15-9-8-11(4)13(17)18/h11-12H,5-10H2,1-4H3,(H,15,19)(H,17,18). The summed E-state index contributed by atoms with van der Waals surface area (Å²) >= 11 is 0. The second kappa shape index (κ2) is 9.64. The van der Waals surface area contributed by atoms with Gasteiger partial charge in [-0.25, -0.2) is 4.79 Å². The molecule has 19 heavy (non-hydrogen) atoms. The summed E-state index contributed by atoms with van der Waals surface area (Å²) in [7, 11) is 0. The topological polar surface area (TPSA) is 69.6 Å². The van der Waals surface area contributed by atoms with Gasteiger partial charge in [0.05, 0.1) is 5.92 Å². The third kappa shape index (κ3) is 7.03. The van der Waals surface area contributed by atoms with Crippen LogP contribution in [0.2, 0.25) is 0 Å². The van der Waals surface area contributed by atoms with Crippen LogP contribution in [0, 0.1) is 11.8 Å². The Morgan fingerprint density at radius 2 is 1.79 bits per heavy atom. The van der Waals surface area contributed by atoms with Gasteiger partial charge in [-0.2, -0.15) is 0 Å². The number of aliphatic carboxylic acids is 1. The molecular weight excluding hydrogens is 244 g/mol. The maximum Gasteiger partial charge on any atom is 0.317 e. The summed E-state index contributed by atoms with van der Waals surface area (Å²) < 4.78 is 0. The molecule has 0 aromatic rings. The minimum absolute atomic E-state index is 0.0908. The highest BCUT2D eigenvalue weighted by molar-refractivity contribution is 5.74. The molecule has 112 valence electrons. The number of amides is 2. The molecular formula is C14H28N2O3. The van der Waals surface area contributed by atoms with Crippen LogP contribution in [-0.2, 0) is 4.79 Å². The Balaban J connectivity index is 4.11. The predicted octanol–water partition coefficient (Wildman–Crippen LogP) is 2.56. The van der Waals surface area contributed by atoms with Gasteiger partial charge >= 0.3 is 12.0 Å². The molecule has 2 amide bonds. The first-order valence-electron chi connectivity index (χ1n) is 7.21. The summed E-state index contributed by atoms with van der Waals surface area (Å²) in [5, 5.41) is 11.6. The lowest BCUT2D eigenvalue weighted by atomic mass is 10.0. The zero-order chi connectivity index (χ0) is 14.8. The van der Waals surface area contributed by atoms with Crippen LogP contribution in [0.4, 0.5) is 4.79 Å². The lowest BCUT2D eigenvalue weighted by molar-refractivity contribution is -0.141. The van der Waals surface area contributed by atoms with Gasteiger partial charge in [0.15, 0.2) is 0 Å². The van der Waals surface area contributed by atoms with Gasteiger partial charge in [-0.15, -0.1) is 0 Å². The lowest BCUT2D eigenvalue weighted by Gasteiger charge is -2.25. The van der Waals surface area contributed by atoms with Crippen LogP contribution < -0.4 is 5.32 Å². The minimum atomic E-state index is -0.821. The van der Waals surface area contributed by atoms with E-state index in [-0.39, 0.29) is 6.03 Å². The zero-order valence-corrected chi connectivity index (χ0v) is 12.6. The summed E-state index contributed by atoms with van der Waals surface area (Å²) in [5.74, 6) is -0.711. The highest BCUT2D eigenvalue weighted by Crippen LogP contribution is 2.10. The SMILES string of the molecule is CCC(CC)CN(CC)C(=O)NCCC(C)C(=O)O. The van der Waals surface area contributed by atoms with Crippen molar-refractivity contribution in [3.05, 3.63) is 0 Å². The van der Waals surface area contributed by atoms with E-state index in [0.717, 1.165) is 19.4 Å². The van der Waals surface area contributed by atoms with Crippen LogP contribution in [0.25, 0.3) is 0 Å². The van der Waals surface area contributed by atoms with E-state index in [9.17, 15) is 9.59 Å². The molecule has 1 atom stereocenters. The molecule has 0 saturated heterocycles. The van der Waals surface area contributed by atoms with Crippen LogP contribution in [0.5, 0.6) is 0 Å². The molecule has 0 spiro atoms. The first-order valence-corrected chi connectivity index (χ1v) is 7.21. The Bertz CT molecular complexity index is 278. The van der Waals surface area contributed by atoms with E-state index in [0.29, 0.717) is 25.4 Å². The van der Waals surface area contributed by atoms with Gasteiger partial charge in [-0.05, 0) is 19.3 Å². The fourth-order valence-electron chi connectivity index (χ4n) is 1.85. The monoisotopic (exact) mass is 272 g/mol. The number of carbonyl (C=O) groups excluding carboxylic acids is 1. The van der Waals surface area contributed by atoms with Crippen LogP contribution in [0.15, 0.2) is 0 Å². The Labute approximate surface area is 116 Å². The fourth-order valence-corrected chi connectivity index (χ4v) is 1.85. The van der Waals surface area contributed by atoms with Crippen LogP contribution in [-0.4, -0.2) is 41.6 Å². The predicted molar refractivity (Wildman–Crippen MR) is 76.1 cm³/mol. The van der Waals surface area contributed by atoms with E-state index in [1.165, 1.54) is 0 Å². The summed E-state index contributed by atoms with van der Waals surface area (Å²) in [4.78, 5) is 24.4. The first kappa shape index (κ1) is 17.7. The number of carboxylic acids is 1. The number of hydrogen-bond acceptors (Lipinski definition) is 2. The first-order chi connectivity index (χ1) is 8.96.